The summed E-state index contributed by atoms with van der Waals surface area (Å²) < 4.78 is 5.47. The smallest absolute Gasteiger partial charge is 0.414 e. The molecule has 2 heterocycles. The van der Waals surface area contributed by atoms with Gasteiger partial charge in [-0.3, -0.25) is 9.80 Å². The van der Waals surface area contributed by atoms with Gasteiger partial charge in [0.25, 0.3) is 0 Å². The van der Waals surface area contributed by atoms with E-state index in [0.29, 0.717) is 13.1 Å². The first-order valence-electron chi connectivity index (χ1n) is 7.24. The summed E-state index contributed by atoms with van der Waals surface area (Å²) in [6.45, 7) is 4.06. The maximum Gasteiger partial charge on any atom is 0.414 e. The van der Waals surface area contributed by atoms with Crippen LogP contribution in [0.3, 0.4) is 0 Å². The van der Waals surface area contributed by atoms with E-state index in [0.717, 1.165) is 22.9 Å². The number of benzene rings is 1. The molecule has 1 amide bonds. The third-order valence-corrected chi connectivity index (χ3v) is 4.48. The minimum Gasteiger partial charge on any atom is -0.443 e. The van der Waals surface area contributed by atoms with Gasteiger partial charge < -0.3 is 4.74 Å². The van der Waals surface area contributed by atoms with Gasteiger partial charge in [-0.1, -0.05) is 18.2 Å². The summed E-state index contributed by atoms with van der Waals surface area (Å²) in [5.41, 5.74) is 1.93. The van der Waals surface area contributed by atoms with E-state index in [1.54, 1.807) is 16.2 Å². The van der Waals surface area contributed by atoms with Gasteiger partial charge in [-0.15, -0.1) is 11.3 Å². The Kier molecular flexibility index (Phi) is 4.40. The van der Waals surface area contributed by atoms with E-state index in [9.17, 15) is 4.79 Å². The van der Waals surface area contributed by atoms with E-state index in [2.05, 4.69) is 15.3 Å². The van der Waals surface area contributed by atoms with E-state index < -0.39 is 0 Å². The average Bonchev–Trinajstić information content (AvgIpc) is 3.05. The molecule has 22 heavy (non-hydrogen) atoms. The molecular weight excluding hydrogens is 298 g/mol. The number of hydrogen-bond donors (Lipinski definition) is 0. The first-order chi connectivity index (χ1) is 10.6. The summed E-state index contributed by atoms with van der Waals surface area (Å²) in [5.74, 6) is 0. The molecule has 3 rings (SSSR count). The van der Waals surface area contributed by atoms with Crippen LogP contribution in [0.25, 0.3) is 0 Å². The van der Waals surface area contributed by atoms with Crippen molar-refractivity contribution in [2.24, 2.45) is 0 Å². The minimum absolute atomic E-state index is 0.112. The zero-order valence-electron chi connectivity index (χ0n) is 12.7. The van der Waals surface area contributed by atoms with Crippen molar-refractivity contribution in [3.8, 4) is 0 Å². The Hall–Kier alpha value is -1.92. The topological polar surface area (TPSA) is 45.7 Å². The van der Waals surface area contributed by atoms with Crippen molar-refractivity contribution in [1.82, 2.24) is 9.88 Å². The molecule has 5 nitrogen and oxygen atoms in total. The normalized spacial score (nSPS) is 18.0. The third kappa shape index (κ3) is 3.45. The van der Waals surface area contributed by atoms with Gasteiger partial charge in [-0.25, -0.2) is 9.78 Å². The molecule has 1 fully saturated rings. The molecule has 1 aliphatic rings. The standard InChI is InChI=1S/C16H19N3O2S/c1-12-11-22-15(17-12)10-18(2)8-14-9-19(16(20)21-14)13-6-4-3-5-7-13/h3-7,11,14H,8-10H2,1-2H3/t14-/m0/s1. The molecule has 1 atom stereocenters. The number of amides is 1. The Morgan fingerprint density at radius 1 is 1.41 bits per heavy atom. The number of carbonyl (C=O) groups is 1. The largest absolute Gasteiger partial charge is 0.443 e. The van der Waals surface area contributed by atoms with Crippen molar-refractivity contribution >= 4 is 23.1 Å². The number of para-hydroxylation sites is 1. The molecule has 1 aromatic carbocycles. The first-order valence-corrected chi connectivity index (χ1v) is 8.12. The van der Waals surface area contributed by atoms with Crippen LogP contribution in [0, 0.1) is 6.92 Å². The molecule has 2 aromatic rings. The van der Waals surface area contributed by atoms with Crippen molar-refractivity contribution in [2.45, 2.75) is 19.6 Å². The summed E-state index contributed by atoms with van der Waals surface area (Å²) in [7, 11) is 2.02. The molecule has 0 bridgehead atoms. The van der Waals surface area contributed by atoms with E-state index in [4.69, 9.17) is 4.74 Å². The molecule has 0 spiro atoms. The summed E-state index contributed by atoms with van der Waals surface area (Å²) in [5, 5.41) is 3.14. The molecule has 1 aliphatic heterocycles. The predicted octanol–water partition coefficient (Wildman–Crippen LogP) is 2.91. The van der Waals surface area contributed by atoms with Crippen LogP contribution < -0.4 is 4.90 Å². The number of anilines is 1. The summed E-state index contributed by atoms with van der Waals surface area (Å²) in [6, 6.07) is 9.63. The van der Waals surface area contributed by atoms with Gasteiger partial charge in [0.05, 0.1) is 13.1 Å². The van der Waals surface area contributed by atoms with Gasteiger partial charge >= 0.3 is 6.09 Å². The van der Waals surface area contributed by atoms with Gasteiger partial charge in [-0.05, 0) is 26.1 Å². The molecule has 1 saturated heterocycles. The molecule has 0 N–H and O–H groups in total. The second-order valence-corrected chi connectivity index (χ2v) is 6.47. The van der Waals surface area contributed by atoms with Crippen LogP contribution in [-0.4, -0.2) is 42.2 Å². The highest BCUT2D eigenvalue weighted by atomic mass is 32.1. The minimum atomic E-state index is -0.269. The number of aromatic nitrogens is 1. The van der Waals surface area contributed by atoms with E-state index in [-0.39, 0.29) is 12.2 Å². The number of aryl methyl sites for hydroxylation is 1. The average molecular weight is 317 g/mol. The predicted molar refractivity (Wildman–Crippen MR) is 87.2 cm³/mol. The SMILES string of the molecule is Cc1csc(CN(C)C[C@H]2CN(c3ccccc3)C(=O)O2)n1. The highest BCUT2D eigenvalue weighted by molar-refractivity contribution is 7.09. The summed E-state index contributed by atoms with van der Waals surface area (Å²) in [6.07, 6.45) is -0.381. The monoisotopic (exact) mass is 317 g/mol. The van der Waals surface area contributed by atoms with Crippen molar-refractivity contribution in [2.75, 3.05) is 25.0 Å². The van der Waals surface area contributed by atoms with E-state index in [1.807, 2.05) is 44.3 Å². The quantitative estimate of drug-likeness (QED) is 0.850. The van der Waals surface area contributed by atoms with Crippen molar-refractivity contribution in [3.63, 3.8) is 0 Å². The Morgan fingerprint density at radius 3 is 2.86 bits per heavy atom. The van der Waals surface area contributed by atoms with Crippen LogP contribution in [0.2, 0.25) is 0 Å². The molecule has 1 aromatic heterocycles. The maximum absolute atomic E-state index is 12.0. The van der Waals surface area contributed by atoms with Crippen LogP contribution in [0.4, 0.5) is 10.5 Å². The number of cyclic esters (lactones) is 1. The number of nitrogens with zero attached hydrogens (tertiary/aromatic N) is 3. The second kappa shape index (κ2) is 6.46. The lowest BCUT2D eigenvalue weighted by Gasteiger charge is -2.18. The van der Waals surface area contributed by atoms with Crippen LogP contribution in [-0.2, 0) is 11.3 Å². The lowest BCUT2D eigenvalue weighted by Crippen LogP contribution is -2.32. The van der Waals surface area contributed by atoms with E-state index >= 15 is 0 Å². The number of thiazole rings is 1. The maximum atomic E-state index is 12.0. The number of likely N-dealkylation sites (N-methyl/N-ethyl adjacent to an activating group) is 1. The lowest BCUT2D eigenvalue weighted by molar-refractivity contribution is 0.115. The Balaban J connectivity index is 1.57. The highest BCUT2D eigenvalue weighted by Gasteiger charge is 2.32. The number of carbonyl (C=O) groups excluding carboxylic acids is 1. The molecule has 0 radical (unpaired) electrons. The van der Waals surface area contributed by atoms with Gasteiger partial charge in [0.15, 0.2) is 0 Å². The Morgan fingerprint density at radius 2 is 2.18 bits per heavy atom. The van der Waals surface area contributed by atoms with Crippen LogP contribution in [0.1, 0.15) is 10.7 Å². The van der Waals surface area contributed by atoms with Crippen LogP contribution in [0.15, 0.2) is 35.7 Å². The molecule has 116 valence electrons. The third-order valence-electron chi connectivity index (χ3n) is 3.53. The fourth-order valence-electron chi connectivity index (χ4n) is 2.55. The summed E-state index contributed by atoms with van der Waals surface area (Å²) >= 11 is 1.66. The molecule has 0 saturated carbocycles. The molecular formula is C16H19N3O2S. The zero-order valence-corrected chi connectivity index (χ0v) is 13.5. The van der Waals surface area contributed by atoms with Gasteiger partial charge in [-0.2, -0.15) is 0 Å². The lowest BCUT2D eigenvalue weighted by atomic mass is 10.2. The molecule has 0 unspecified atom stereocenters. The van der Waals surface area contributed by atoms with Crippen molar-refractivity contribution in [3.05, 3.63) is 46.4 Å². The number of ether oxygens (including phenoxy) is 1. The number of hydrogen-bond acceptors (Lipinski definition) is 5. The highest BCUT2D eigenvalue weighted by Crippen LogP contribution is 2.21. The van der Waals surface area contributed by atoms with Crippen LogP contribution >= 0.6 is 11.3 Å². The Labute approximate surface area is 134 Å². The van der Waals surface area contributed by atoms with Crippen molar-refractivity contribution in [1.29, 1.82) is 0 Å². The van der Waals surface area contributed by atoms with Crippen molar-refractivity contribution < 1.29 is 9.53 Å². The zero-order chi connectivity index (χ0) is 15.5. The first kappa shape index (κ1) is 15.0. The fraction of sp³-hybridized carbons (Fsp3) is 0.375. The molecule has 6 heteroatoms. The van der Waals surface area contributed by atoms with Gasteiger partial charge in [0.1, 0.15) is 11.1 Å². The second-order valence-electron chi connectivity index (χ2n) is 5.53. The van der Waals surface area contributed by atoms with E-state index in [1.165, 1.54) is 0 Å². The fourth-order valence-corrected chi connectivity index (χ4v) is 3.40. The van der Waals surface area contributed by atoms with Gasteiger partial charge in [0, 0.05) is 23.3 Å². The summed E-state index contributed by atoms with van der Waals surface area (Å²) in [4.78, 5) is 20.3. The molecule has 0 aliphatic carbocycles. The Bertz CT molecular complexity index is 644. The number of rotatable bonds is 5. The van der Waals surface area contributed by atoms with Crippen LogP contribution in [0.5, 0.6) is 0 Å². The van der Waals surface area contributed by atoms with Gasteiger partial charge in [0.2, 0.25) is 0 Å².